The molecule has 0 fully saturated rings. The first-order valence-corrected chi connectivity index (χ1v) is 11.5. The fourth-order valence-electron chi connectivity index (χ4n) is 3.80. The van der Waals surface area contributed by atoms with E-state index in [0.29, 0.717) is 24.3 Å². The highest BCUT2D eigenvalue weighted by Gasteiger charge is 2.26. The molecule has 3 heterocycles. The SMILES string of the molecule is COc1cc([C@H](CC(=O)NCCc2cn3c(n2)SCC3)c2oc(C)cc(=O)c2O)ccc1O. The van der Waals surface area contributed by atoms with Crippen LogP contribution in [0.2, 0.25) is 0 Å². The van der Waals surface area contributed by atoms with Crippen molar-refractivity contribution in [3.63, 3.8) is 0 Å². The van der Waals surface area contributed by atoms with Gasteiger partial charge in [0.15, 0.2) is 22.4 Å². The number of hydrogen-bond donors (Lipinski definition) is 3. The van der Waals surface area contributed by atoms with E-state index in [4.69, 9.17) is 9.15 Å². The molecule has 9 nitrogen and oxygen atoms in total. The van der Waals surface area contributed by atoms with E-state index in [9.17, 15) is 19.8 Å². The zero-order valence-corrected chi connectivity index (χ0v) is 19.1. The molecular weight excluding hydrogens is 446 g/mol. The number of amides is 1. The number of carbonyl (C=O) groups excluding carboxylic acids is 1. The molecule has 1 aliphatic heterocycles. The molecule has 1 aliphatic rings. The lowest BCUT2D eigenvalue weighted by atomic mass is 9.91. The Bertz CT molecular complexity index is 1210. The Hall–Kier alpha value is -3.40. The average Bonchev–Trinajstić information content (AvgIpc) is 3.37. The highest BCUT2D eigenvalue weighted by molar-refractivity contribution is 7.99. The number of benzene rings is 1. The molecule has 0 radical (unpaired) electrons. The molecule has 10 heteroatoms. The van der Waals surface area contributed by atoms with Gasteiger partial charge in [0.05, 0.1) is 18.7 Å². The molecule has 0 unspecified atom stereocenters. The lowest BCUT2D eigenvalue weighted by molar-refractivity contribution is -0.121. The number of aryl methyl sites for hydroxylation is 2. The van der Waals surface area contributed by atoms with Crippen molar-refractivity contribution in [2.45, 2.75) is 37.4 Å². The summed E-state index contributed by atoms with van der Waals surface area (Å²) in [7, 11) is 1.41. The van der Waals surface area contributed by atoms with Crippen LogP contribution in [0, 0.1) is 6.92 Å². The maximum absolute atomic E-state index is 12.8. The first-order chi connectivity index (χ1) is 15.9. The van der Waals surface area contributed by atoms with Crippen LogP contribution in [-0.2, 0) is 17.8 Å². The number of methoxy groups -OCH3 is 1. The van der Waals surface area contributed by atoms with Gasteiger partial charge in [0, 0.05) is 43.9 Å². The van der Waals surface area contributed by atoms with Crippen molar-refractivity contribution in [3.8, 4) is 17.2 Å². The minimum absolute atomic E-state index is 0.00885. The second-order valence-corrected chi connectivity index (χ2v) is 8.84. The second-order valence-electron chi connectivity index (χ2n) is 7.78. The number of aromatic hydroxyl groups is 2. The maximum atomic E-state index is 12.8. The van der Waals surface area contributed by atoms with Gasteiger partial charge in [-0.2, -0.15) is 0 Å². The Labute approximate surface area is 194 Å². The maximum Gasteiger partial charge on any atom is 0.227 e. The fourth-order valence-corrected chi connectivity index (χ4v) is 4.77. The van der Waals surface area contributed by atoms with Crippen molar-refractivity contribution in [2.24, 2.45) is 0 Å². The van der Waals surface area contributed by atoms with Gasteiger partial charge in [0.2, 0.25) is 17.1 Å². The molecule has 2 aromatic heterocycles. The summed E-state index contributed by atoms with van der Waals surface area (Å²) >= 11 is 1.72. The number of fused-ring (bicyclic) bond motifs is 1. The molecule has 1 aromatic carbocycles. The van der Waals surface area contributed by atoms with E-state index in [1.54, 1.807) is 30.8 Å². The molecular formula is C23H25N3O6S. The smallest absolute Gasteiger partial charge is 0.227 e. The van der Waals surface area contributed by atoms with Crippen molar-refractivity contribution in [2.75, 3.05) is 19.4 Å². The van der Waals surface area contributed by atoms with Gasteiger partial charge in [-0.3, -0.25) is 9.59 Å². The zero-order valence-electron chi connectivity index (χ0n) is 18.3. The first kappa shape index (κ1) is 22.8. The second kappa shape index (κ2) is 9.62. The lowest BCUT2D eigenvalue weighted by Crippen LogP contribution is -2.27. The number of phenolic OH excluding ortho intramolecular Hbond substituents is 1. The van der Waals surface area contributed by atoms with Crippen LogP contribution in [-0.4, -0.2) is 45.1 Å². The Morgan fingerprint density at radius 2 is 2.18 bits per heavy atom. The van der Waals surface area contributed by atoms with Gasteiger partial charge in [0.25, 0.3) is 0 Å². The molecule has 3 aromatic rings. The molecule has 0 saturated carbocycles. The average molecular weight is 472 g/mol. The molecule has 0 spiro atoms. The van der Waals surface area contributed by atoms with E-state index in [-0.39, 0.29) is 29.6 Å². The van der Waals surface area contributed by atoms with E-state index in [0.717, 1.165) is 23.1 Å². The summed E-state index contributed by atoms with van der Waals surface area (Å²) < 4.78 is 13.0. The van der Waals surface area contributed by atoms with Crippen LogP contribution < -0.4 is 15.5 Å². The predicted octanol–water partition coefficient (Wildman–Crippen LogP) is 2.55. The van der Waals surface area contributed by atoms with Gasteiger partial charge in [-0.15, -0.1) is 0 Å². The van der Waals surface area contributed by atoms with Gasteiger partial charge < -0.3 is 29.3 Å². The van der Waals surface area contributed by atoms with E-state index in [1.165, 1.54) is 19.2 Å². The standard InChI is InChI=1S/C23H25N3O6S/c1-13-9-18(28)21(30)22(32-13)16(14-3-4-17(27)19(10-14)31-2)11-20(29)24-6-5-15-12-26-7-8-33-23(26)25-15/h3-4,9-10,12,16,27,30H,5-8,11H2,1-2H3,(H,24,29)/t16-/m0/s1. The topological polar surface area (TPSA) is 127 Å². The summed E-state index contributed by atoms with van der Waals surface area (Å²) in [5.41, 5.74) is 0.877. The molecule has 0 saturated heterocycles. The Balaban J connectivity index is 1.53. The highest BCUT2D eigenvalue weighted by atomic mass is 32.2. The Kier molecular flexibility index (Phi) is 6.64. The lowest BCUT2D eigenvalue weighted by Gasteiger charge is -2.19. The molecule has 4 rings (SSSR count). The molecule has 0 bridgehead atoms. The van der Waals surface area contributed by atoms with Crippen LogP contribution in [0.25, 0.3) is 0 Å². The zero-order chi connectivity index (χ0) is 23.5. The van der Waals surface area contributed by atoms with Crippen molar-refractivity contribution < 1.29 is 24.2 Å². The number of imidazole rings is 1. The summed E-state index contributed by atoms with van der Waals surface area (Å²) in [6.07, 6.45) is 2.52. The third-order valence-electron chi connectivity index (χ3n) is 5.44. The predicted molar refractivity (Wildman–Crippen MR) is 122 cm³/mol. The minimum Gasteiger partial charge on any atom is -0.504 e. The van der Waals surface area contributed by atoms with Crippen molar-refractivity contribution >= 4 is 17.7 Å². The van der Waals surface area contributed by atoms with Crippen molar-refractivity contribution in [1.29, 1.82) is 0 Å². The number of rotatable bonds is 8. The largest absolute Gasteiger partial charge is 0.504 e. The first-order valence-electron chi connectivity index (χ1n) is 10.5. The third-order valence-corrected chi connectivity index (χ3v) is 6.41. The molecule has 1 atom stereocenters. The van der Waals surface area contributed by atoms with Gasteiger partial charge in [-0.05, 0) is 24.6 Å². The number of nitrogens with one attached hydrogen (secondary N) is 1. The number of aromatic nitrogens is 2. The van der Waals surface area contributed by atoms with E-state index >= 15 is 0 Å². The normalized spacial score (nSPS) is 13.5. The summed E-state index contributed by atoms with van der Waals surface area (Å²) in [6, 6.07) is 5.77. The summed E-state index contributed by atoms with van der Waals surface area (Å²) in [5, 5.41) is 24.2. The number of phenols is 1. The van der Waals surface area contributed by atoms with Gasteiger partial charge >= 0.3 is 0 Å². The number of ether oxygens (including phenoxy) is 1. The number of thioether (sulfide) groups is 1. The van der Waals surface area contributed by atoms with Crippen LogP contribution in [0.3, 0.4) is 0 Å². The van der Waals surface area contributed by atoms with Crippen LogP contribution in [0.5, 0.6) is 17.2 Å². The fraction of sp³-hybridized carbons (Fsp3) is 0.348. The highest BCUT2D eigenvalue weighted by Crippen LogP contribution is 2.37. The van der Waals surface area contributed by atoms with E-state index in [2.05, 4.69) is 14.9 Å². The molecule has 33 heavy (non-hydrogen) atoms. The quantitative estimate of drug-likeness (QED) is 0.458. The van der Waals surface area contributed by atoms with E-state index < -0.39 is 17.1 Å². The van der Waals surface area contributed by atoms with Gasteiger partial charge in [-0.1, -0.05) is 17.8 Å². The van der Waals surface area contributed by atoms with E-state index in [1.807, 2.05) is 6.20 Å². The molecule has 3 N–H and O–H groups in total. The van der Waals surface area contributed by atoms with Gasteiger partial charge in [0.1, 0.15) is 5.76 Å². The molecule has 1 amide bonds. The Morgan fingerprint density at radius 3 is 2.94 bits per heavy atom. The van der Waals surface area contributed by atoms with Crippen LogP contribution in [0.4, 0.5) is 0 Å². The minimum atomic E-state index is -0.764. The number of nitrogens with zero attached hydrogens (tertiary/aromatic N) is 2. The molecule has 0 aliphatic carbocycles. The molecule has 174 valence electrons. The van der Waals surface area contributed by atoms with Crippen LogP contribution in [0.15, 0.2) is 44.8 Å². The van der Waals surface area contributed by atoms with Gasteiger partial charge in [-0.25, -0.2) is 4.98 Å². The van der Waals surface area contributed by atoms with Crippen molar-refractivity contribution in [1.82, 2.24) is 14.9 Å². The third kappa shape index (κ3) is 5.00. The van der Waals surface area contributed by atoms with Crippen LogP contribution >= 0.6 is 11.8 Å². The summed E-state index contributed by atoms with van der Waals surface area (Å²) in [6.45, 7) is 2.94. The summed E-state index contributed by atoms with van der Waals surface area (Å²) in [5.74, 6) is -0.111. The van der Waals surface area contributed by atoms with Crippen molar-refractivity contribution in [3.05, 3.63) is 63.5 Å². The number of carbonyl (C=O) groups is 1. The number of hydrogen-bond acceptors (Lipinski definition) is 8. The monoisotopic (exact) mass is 471 g/mol. The van der Waals surface area contributed by atoms with Crippen LogP contribution in [0.1, 0.15) is 35.1 Å². The Morgan fingerprint density at radius 1 is 1.36 bits per heavy atom. The summed E-state index contributed by atoms with van der Waals surface area (Å²) in [4.78, 5) is 29.5.